The zero-order chi connectivity index (χ0) is 18.4. The summed E-state index contributed by atoms with van der Waals surface area (Å²) in [6.45, 7) is 8.12. The average Bonchev–Trinajstić information content (AvgIpc) is 2.49. The van der Waals surface area contributed by atoms with Crippen LogP contribution in [-0.4, -0.2) is 10.7 Å². The highest BCUT2D eigenvalue weighted by atomic mass is 16.5. The van der Waals surface area contributed by atoms with E-state index in [-0.39, 0.29) is 11.8 Å². The lowest BCUT2D eigenvalue weighted by atomic mass is 9.68. The zero-order valence-corrected chi connectivity index (χ0v) is 14.8. The molecule has 1 aromatic carbocycles. The predicted octanol–water partition coefficient (Wildman–Crippen LogP) is 5.74. The molecule has 1 aliphatic carbocycles. The van der Waals surface area contributed by atoms with Gasteiger partial charge in [-0.3, -0.25) is 0 Å². The summed E-state index contributed by atoms with van der Waals surface area (Å²) < 4.78 is 22.8. The number of hydrogen-bond acceptors (Lipinski definition) is 2. The van der Waals surface area contributed by atoms with Crippen molar-refractivity contribution in [1.29, 1.82) is 0 Å². The second-order valence-corrected chi connectivity index (χ2v) is 7.55. The van der Waals surface area contributed by atoms with Crippen molar-refractivity contribution in [2.45, 2.75) is 77.7 Å². The van der Waals surface area contributed by atoms with Crippen LogP contribution in [0.15, 0.2) is 23.8 Å². The molecule has 126 valence electrons. The third-order valence-corrected chi connectivity index (χ3v) is 5.31. The van der Waals surface area contributed by atoms with Gasteiger partial charge < -0.3 is 9.84 Å². The van der Waals surface area contributed by atoms with Crippen LogP contribution in [0.1, 0.15) is 79.5 Å². The highest BCUT2D eigenvalue weighted by molar-refractivity contribution is 5.53. The minimum atomic E-state index is -1.31. The average molecular weight is 316 g/mol. The number of aryl methyl sites for hydroxylation is 1. The van der Waals surface area contributed by atoms with Crippen LogP contribution in [0.25, 0.3) is 0 Å². The first kappa shape index (κ1) is 13.9. The summed E-state index contributed by atoms with van der Waals surface area (Å²) in [5.41, 5.74) is 2.24. The molecule has 0 radical (unpaired) electrons. The fourth-order valence-electron chi connectivity index (χ4n) is 3.97. The molecule has 3 rings (SSSR count). The lowest BCUT2D eigenvalue weighted by Crippen LogP contribution is -2.45. The molecule has 1 N–H and O–H groups in total. The highest BCUT2D eigenvalue weighted by Crippen LogP contribution is 2.53. The van der Waals surface area contributed by atoms with E-state index in [4.69, 9.17) is 7.48 Å². The molecule has 23 heavy (non-hydrogen) atoms. The standard InChI is InChI=1S/C21H30O2/c1-5-6-7-8-15-12-18(22)20-16-11-14(2)9-10-17(16)21(3,4)23-19(20)13-15/h11-13,16-17,22H,5-10H2,1-4H3/i9D2. The fraction of sp³-hybridized carbons (Fsp3) is 0.619. The van der Waals surface area contributed by atoms with Gasteiger partial charge in [-0.25, -0.2) is 0 Å². The minimum absolute atomic E-state index is 0.00673. The summed E-state index contributed by atoms with van der Waals surface area (Å²) in [4.78, 5) is 0. The van der Waals surface area contributed by atoms with E-state index in [0.29, 0.717) is 12.2 Å². The van der Waals surface area contributed by atoms with Crippen molar-refractivity contribution in [3.8, 4) is 11.5 Å². The molecule has 1 aliphatic heterocycles. The first-order valence-electron chi connectivity index (χ1n) is 9.89. The van der Waals surface area contributed by atoms with Crippen LogP contribution >= 0.6 is 0 Å². The molecule has 0 fully saturated rings. The molecule has 0 spiro atoms. The second-order valence-electron chi connectivity index (χ2n) is 7.55. The molecular weight excluding hydrogens is 284 g/mol. The number of unbranched alkanes of at least 4 members (excludes halogenated alkanes) is 2. The molecule has 2 atom stereocenters. The molecule has 0 bridgehead atoms. The number of phenols is 1. The smallest absolute Gasteiger partial charge is 0.127 e. The Kier molecular flexibility index (Phi) is 3.77. The van der Waals surface area contributed by atoms with Gasteiger partial charge in [0.2, 0.25) is 0 Å². The molecule has 0 amide bonds. The molecule has 2 nitrogen and oxygen atoms in total. The summed E-state index contributed by atoms with van der Waals surface area (Å²) in [5, 5.41) is 10.7. The first-order chi connectivity index (χ1) is 11.7. The first-order valence-corrected chi connectivity index (χ1v) is 8.89. The van der Waals surface area contributed by atoms with Gasteiger partial charge in [0, 0.05) is 20.1 Å². The Bertz CT molecular complexity index is 691. The lowest BCUT2D eigenvalue weighted by molar-refractivity contribution is 0.0107. The van der Waals surface area contributed by atoms with Gasteiger partial charge in [0.15, 0.2) is 0 Å². The monoisotopic (exact) mass is 316 g/mol. The topological polar surface area (TPSA) is 29.5 Å². The third kappa shape index (κ3) is 3.13. The number of phenolic OH excluding ortho intramolecular Hbond substituents is 1. The summed E-state index contributed by atoms with van der Waals surface area (Å²) in [6.07, 6.45) is 5.54. The zero-order valence-electron chi connectivity index (χ0n) is 16.8. The lowest BCUT2D eigenvalue weighted by Gasteiger charge is -2.46. The Hall–Kier alpha value is -1.44. The number of aromatic hydroxyl groups is 1. The second kappa shape index (κ2) is 6.22. The van der Waals surface area contributed by atoms with Crippen LogP contribution in [0.3, 0.4) is 0 Å². The predicted molar refractivity (Wildman–Crippen MR) is 95.3 cm³/mol. The Labute approximate surface area is 143 Å². The van der Waals surface area contributed by atoms with Gasteiger partial charge in [-0.15, -0.1) is 0 Å². The number of ether oxygens (including phenoxy) is 1. The maximum atomic E-state index is 10.7. The SMILES string of the molecule is [2H]C1([2H])CC2C(C=C1C)c1c(O)cc(CCCCC)cc1OC2(C)C. The maximum absolute atomic E-state index is 10.7. The van der Waals surface area contributed by atoms with Gasteiger partial charge in [-0.05, 0) is 64.1 Å². The molecule has 2 unspecified atom stereocenters. The van der Waals surface area contributed by atoms with Crippen molar-refractivity contribution >= 4 is 0 Å². The Morgan fingerprint density at radius 3 is 2.87 bits per heavy atom. The Morgan fingerprint density at radius 1 is 1.35 bits per heavy atom. The van der Waals surface area contributed by atoms with Crippen LogP contribution < -0.4 is 4.74 Å². The maximum Gasteiger partial charge on any atom is 0.127 e. The van der Waals surface area contributed by atoms with Gasteiger partial charge in [0.25, 0.3) is 0 Å². The third-order valence-electron chi connectivity index (χ3n) is 5.31. The van der Waals surface area contributed by atoms with Gasteiger partial charge in [-0.2, -0.15) is 0 Å². The molecule has 2 aliphatic rings. The fourth-order valence-corrected chi connectivity index (χ4v) is 3.97. The molecule has 0 saturated carbocycles. The molecule has 0 saturated heterocycles. The van der Waals surface area contributed by atoms with Crippen LogP contribution in [0, 0.1) is 5.92 Å². The summed E-state index contributed by atoms with van der Waals surface area (Å²) in [6, 6.07) is 3.95. The molecule has 0 aromatic heterocycles. The quantitative estimate of drug-likeness (QED) is 0.567. The molecule has 1 heterocycles. The highest BCUT2D eigenvalue weighted by Gasteiger charge is 2.45. The summed E-state index contributed by atoms with van der Waals surface area (Å²) >= 11 is 0. The van der Waals surface area contributed by atoms with E-state index in [0.717, 1.165) is 35.3 Å². The van der Waals surface area contributed by atoms with Crippen LogP contribution in [0.5, 0.6) is 11.5 Å². The number of allylic oxidation sites excluding steroid dienone is 2. The molecule has 2 heteroatoms. The number of benzene rings is 1. The molecular formula is C21H30O2. The van der Waals surface area contributed by atoms with E-state index in [1.807, 2.05) is 32.9 Å². The van der Waals surface area contributed by atoms with Crippen molar-refractivity contribution in [1.82, 2.24) is 0 Å². The van der Waals surface area contributed by atoms with E-state index in [1.165, 1.54) is 12.8 Å². The van der Waals surface area contributed by atoms with Crippen LogP contribution in [0.2, 0.25) is 0 Å². The van der Waals surface area contributed by atoms with Gasteiger partial charge >= 0.3 is 0 Å². The van der Waals surface area contributed by atoms with E-state index >= 15 is 0 Å². The van der Waals surface area contributed by atoms with Gasteiger partial charge in [0.05, 0.1) is 0 Å². The largest absolute Gasteiger partial charge is 0.507 e. The van der Waals surface area contributed by atoms with Crippen molar-refractivity contribution in [2.24, 2.45) is 5.92 Å². The Morgan fingerprint density at radius 2 is 2.13 bits per heavy atom. The number of hydrogen-bond donors (Lipinski definition) is 1. The van der Waals surface area contributed by atoms with Crippen molar-refractivity contribution < 1.29 is 12.6 Å². The van der Waals surface area contributed by atoms with E-state index in [2.05, 4.69) is 13.0 Å². The van der Waals surface area contributed by atoms with Gasteiger partial charge in [-0.1, -0.05) is 31.4 Å². The number of rotatable bonds is 4. The van der Waals surface area contributed by atoms with Crippen molar-refractivity contribution in [2.75, 3.05) is 0 Å². The summed E-state index contributed by atoms with van der Waals surface area (Å²) in [5.74, 6) is 1.08. The van der Waals surface area contributed by atoms with E-state index < -0.39 is 12.0 Å². The molecule has 1 aromatic rings. The van der Waals surface area contributed by atoms with Gasteiger partial charge in [0.1, 0.15) is 17.1 Å². The van der Waals surface area contributed by atoms with Crippen LogP contribution in [-0.2, 0) is 6.42 Å². The normalized spacial score (nSPS) is 28.6. The van der Waals surface area contributed by atoms with Crippen molar-refractivity contribution in [3.63, 3.8) is 0 Å². The van der Waals surface area contributed by atoms with E-state index in [1.54, 1.807) is 0 Å². The van der Waals surface area contributed by atoms with E-state index in [9.17, 15) is 5.11 Å². The summed E-state index contributed by atoms with van der Waals surface area (Å²) in [7, 11) is 0. The van der Waals surface area contributed by atoms with Crippen LogP contribution in [0.4, 0.5) is 0 Å². The van der Waals surface area contributed by atoms with Crippen molar-refractivity contribution in [3.05, 3.63) is 34.9 Å². The minimum Gasteiger partial charge on any atom is -0.507 e. The Balaban J connectivity index is 2.03. The number of fused-ring (bicyclic) bond motifs is 3.